The fourth-order valence-corrected chi connectivity index (χ4v) is 2.96. The van der Waals surface area contributed by atoms with Gasteiger partial charge in [0.1, 0.15) is 5.69 Å². The van der Waals surface area contributed by atoms with Crippen LogP contribution in [0.5, 0.6) is 0 Å². The third-order valence-electron chi connectivity index (χ3n) is 3.33. The predicted octanol–water partition coefficient (Wildman–Crippen LogP) is 2.98. The fraction of sp³-hybridized carbons (Fsp3) is 0.692. The molecule has 20 heavy (non-hydrogen) atoms. The molecule has 2 atom stereocenters. The van der Waals surface area contributed by atoms with E-state index in [-0.39, 0.29) is 36.8 Å². The Hall–Kier alpha value is -0.360. The lowest BCUT2D eigenvalue weighted by molar-refractivity contribution is 0.0915. The van der Waals surface area contributed by atoms with E-state index in [0.29, 0.717) is 17.7 Å². The first-order valence-electron chi connectivity index (χ1n) is 6.57. The highest BCUT2D eigenvalue weighted by Gasteiger charge is 2.23. The van der Waals surface area contributed by atoms with Gasteiger partial charge in [-0.05, 0) is 26.3 Å². The molecule has 7 heteroatoms. The Balaban J connectivity index is 0.00000180. The lowest BCUT2D eigenvalue weighted by atomic mass is 10.00. The van der Waals surface area contributed by atoms with Crippen molar-refractivity contribution in [3.63, 3.8) is 0 Å². The summed E-state index contributed by atoms with van der Waals surface area (Å²) < 4.78 is 0. The molecule has 2 rings (SSSR count). The summed E-state index contributed by atoms with van der Waals surface area (Å²) in [5, 5.41) is 9.34. The van der Waals surface area contributed by atoms with Crippen LogP contribution in [0, 0.1) is 0 Å². The number of carbonyl (C=O) groups excluding carboxylic acids is 1. The Labute approximate surface area is 137 Å². The number of piperidine rings is 1. The number of aromatic nitrogens is 1. The number of nitrogens with zero attached hydrogens (tertiary/aromatic N) is 1. The van der Waals surface area contributed by atoms with Gasteiger partial charge in [0, 0.05) is 23.4 Å². The molecule has 1 aliphatic heterocycles. The van der Waals surface area contributed by atoms with Gasteiger partial charge in [-0.1, -0.05) is 13.8 Å². The largest absolute Gasteiger partial charge is 0.346 e. The van der Waals surface area contributed by atoms with E-state index < -0.39 is 0 Å². The quantitative estimate of drug-likeness (QED) is 0.889. The minimum atomic E-state index is -0.0429. The van der Waals surface area contributed by atoms with Crippen LogP contribution < -0.4 is 10.6 Å². The molecule has 1 aliphatic rings. The second-order valence-corrected chi connectivity index (χ2v) is 6.08. The van der Waals surface area contributed by atoms with Gasteiger partial charge in [0.05, 0.1) is 5.01 Å². The fourth-order valence-electron chi connectivity index (χ4n) is 2.14. The number of hydrogen-bond donors (Lipinski definition) is 2. The van der Waals surface area contributed by atoms with Gasteiger partial charge in [0.25, 0.3) is 5.91 Å². The van der Waals surface area contributed by atoms with Crippen LogP contribution in [0.25, 0.3) is 0 Å². The van der Waals surface area contributed by atoms with Crippen LogP contribution in [0.2, 0.25) is 0 Å². The van der Waals surface area contributed by atoms with Gasteiger partial charge in [-0.2, -0.15) is 0 Å². The van der Waals surface area contributed by atoms with E-state index in [1.165, 1.54) is 0 Å². The SMILES string of the molecule is CC(C)c1nc(C(=O)NC2CCCNC2C)cs1.Cl.Cl. The van der Waals surface area contributed by atoms with Crippen molar-refractivity contribution in [2.75, 3.05) is 6.54 Å². The molecule has 1 fully saturated rings. The van der Waals surface area contributed by atoms with Crippen LogP contribution in [-0.2, 0) is 0 Å². The number of amides is 1. The van der Waals surface area contributed by atoms with Crippen molar-refractivity contribution >= 4 is 42.1 Å². The van der Waals surface area contributed by atoms with E-state index in [1.54, 1.807) is 11.3 Å². The minimum absolute atomic E-state index is 0. The van der Waals surface area contributed by atoms with Crippen LogP contribution in [0.3, 0.4) is 0 Å². The molecule has 1 aromatic heterocycles. The zero-order chi connectivity index (χ0) is 13.1. The summed E-state index contributed by atoms with van der Waals surface area (Å²) in [7, 11) is 0. The molecule has 1 saturated heterocycles. The Bertz CT molecular complexity index is 426. The summed E-state index contributed by atoms with van der Waals surface area (Å²) in [6.45, 7) is 7.34. The Morgan fingerprint density at radius 3 is 2.75 bits per heavy atom. The topological polar surface area (TPSA) is 54.0 Å². The molecule has 0 aliphatic carbocycles. The Morgan fingerprint density at radius 2 is 2.20 bits per heavy atom. The van der Waals surface area contributed by atoms with Crippen LogP contribution >= 0.6 is 36.2 Å². The molecular formula is C13H23Cl2N3OS. The van der Waals surface area contributed by atoms with Crippen molar-refractivity contribution in [1.29, 1.82) is 0 Å². The highest BCUT2D eigenvalue weighted by molar-refractivity contribution is 7.09. The summed E-state index contributed by atoms with van der Waals surface area (Å²) in [6, 6.07) is 0.557. The number of rotatable bonds is 3. The van der Waals surface area contributed by atoms with E-state index in [9.17, 15) is 4.79 Å². The Kier molecular flexibility index (Phi) is 8.66. The first-order chi connectivity index (χ1) is 8.58. The van der Waals surface area contributed by atoms with Crippen molar-refractivity contribution in [3.8, 4) is 0 Å². The molecule has 2 heterocycles. The lowest BCUT2D eigenvalue weighted by Gasteiger charge is -2.30. The molecule has 4 nitrogen and oxygen atoms in total. The average molecular weight is 340 g/mol. The summed E-state index contributed by atoms with van der Waals surface area (Å²) in [5.74, 6) is 0.338. The van der Waals surface area contributed by atoms with Crippen LogP contribution in [0.15, 0.2) is 5.38 Å². The third kappa shape index (κ3) is 4.88. The molecule has 0 saturated carbocycles. The zero-order valence-corrected chi connectivity index (χ0v) is 14.5. The first-order valence-corrected chi connectivity index (χ1v) is 7.45. The van der Waals surface area contributed by atoms with E-state index in [0.717, 1.165) is 24.4 Å². The predicted molar refractivity (Wildman–Crippen MR) is 88.7 cm³/mol. The van der Waals surface area contributed by atoms with Crippen molar-refractivity contribution in [2.45, 2.75) is 51.6 Å². The van der Waals surface area contributed by atoms with E-state index in [1.807, 2.05) is 5.38 Å². The van der Waals surface area contributed by atoms with Crippen molar-refractivity contribution in [1.82, 2.24) is 15.6 Å². The highest BCUT2D eigenvalue weighted by Crippen LogP contribution is 2.19. The summed E-state index contributed by atoms with van der Waals surface area (Å²) in [6.07, 6.45) is 2.16. The van der Waals surface area contributed by atoms with Gasteiger partial charge < -0.3 is 10.6 Å². The van der Waals surface area contributed by atoms with Gasteiger partial charge in [-0.15, -0.1) is 36.2 Å². The molecule has 0 radical (unpaired) electrons. The van der Waals surface area contributed by atoms with Crippen LogP contribution in [0.4, 0.5) is 0 Å². The van der Waals surface area contributed by atoms with Gasteiger partial charge in [0.15, 0.2) is 0 Å². The maximum Gasteiger partial charge on any atom is 0.271 e. The second-order valence-electron chi connectivity index (χ2n) is 5.19. The number of hydrogen-bond acceptors (Lipinski definition) is 4. The molecule has 2 unspecified atom stereocenters. The van der Waals surface area contributed by atoms with Crippen LogP contribution in [-0.4, -0.2) is 29.5 Å². The van der Waals surface area contributed by atoms with Crippen molar-refractivity contribution < 1.29 is 4.79 Å². The number of thiazole rings is 1. The van der Waals surface area contributed by atoms with Crippen molar-refractivity contribution in [2.24, 2.45) is 0 Å². The molecule has 0 aromatic carbocycles. The number of halogens is 2. The zero-order valence-electron chi connectivity index (χ0n) is 12.0. The van der Waals surface area contributed by atoms with Gasteiger partial charge in [-0.3, -0.25) is 4.79 Å². The van der Waals surface area contributed by atoms with E-state index in [4.69, 9.17) is 0 Å². The Morgan fingerprint density at radius 1 is 1.50 bits per heavy atom. The lowest BCUT2D eigenvalue weighted by Crippen LogP contribution is -2.51. The number of carbonyl (C=O) groups is 1. The monoisotopic (exact) mass is 339 g/mol. The van der Waals surface area contributed by atoms with Gasteiger partial charge >= 0.3 is 0 Å². The average Bonchev–Trinajstić information content (AvgIpc) is 2.81. The summed E-state index contributed by atoms with van der Waals surface area (Å²) in [5.41, 5.74) is 0.557. The second kappa shape index (κ2) is 8.82. The molecule has 1 aromatic rings. The van der Waals surface area contributed by atoms with Crippen LogP contribution in [0.1, 0.15) is 55.0 Å². The highest BCUT2D eigenvalue weighted by atomic mass is 35.5. The third-order valence-corrected chi connectivity index (χ3v) is 4.47. The molecule has 2 N–H and O–H groups in total. The van der Waals surface area contributed by atoms with Gasteiger partial charge in [0.2, 0.25) is 0 Å². The van der Waals surface area contributed by atoms with E-state index in [2.05, 4.69) is 36.4 Å². The first kappa shape index (κ1) is 19.6. The molecule has 0 spiro atoms. The summed E-state index contributed by atoms with van der Waals surface area (Å²) in [4.78, 5) is 16.5. The van der Waals surface area contributed by atoms with Crippen molar-refractivity contribution in [3.05, 3.63) is 16.1 Å². The maximum atomic E-state index is 12.1. The molecule has 0 bridgehead atoms. The number of nitrogens with one attached hydrogen (secondary N) is 2. The van der Waals surface area contributed by atoms with Gasteiger partial charge in [-0.25, -0.2) is 4.98 Å². The molecular weight excluding hydrogens is 317 g/mol. The summed E-state index contributed by atoms with van der Waals surface area (Å²) >= 11 is 1.56. The smallest absolute Gasteiger partial charge is 0.271 e. The van der Waals surface area contributed by atoms with E-state index >= 15 is 0 Å². The molecule has 1 amide bonds. The minimum Gasteiger partial charge on any atom is -0.346 e. The molecule has 116 valence electrons. The standard InChI is InChI=1S/C13H21N3OS.2ClH/c1-8(2)13-16-11(7-18-13)12(17)15-10-5-4-6-14-9(10)3;;/h7-10,14H,4-6H2,1-3H3,(H,15,17);2*1H. The normalized spacial score (nSPS) is 21.8. The maximum absolute atomic E-state index is 12.1.